The van der Waals surface area contributed by atoms with Crippen LogP contribution < -0.4 is 5.32 Å². The van der Waals surface area contributed by atoms with Crippen LogP contribution in [0.25, 0.3) is 0 Å². The number of carbonyl (C=O) groups excluding carboxylic acids is 2. The quantitative estimate of drug-likeness (QED) is 0.867. The number of aromatic nitrogens is 2. The Morgan fingerprint density at radius 3 is 3.17 bits per heavy atom. The van der Waals surface area contributed by atoms with Crippen LogP contribution in [0, 0.1) is 5.92 Å². The topological polar surface area (TPSA) is 67.2 Å². The van der Waals surface area contributed by atoms with Crippen LogP contribution in [-0.2, 0) is 17.8 Å². The predicted molar refractivity (Wildman–Crippen MR) is 92.9 cm³/mol. The molecule has 6 nitrogen and oxygen atoms in total. The number of nitrogens with one attached hydrogen (secondary N) is 1. The molecule has 1 aliphatic rings. The van der Waals surface area contributed by atoms with Gasteiger partial charge in [-0.05, 0) is 23.8 Å². The van der Waals surface area contributed by atoms with Crippen LogP contribution in [0.4, 0.5) is 0 Å². The Balaban J connectivity index is 1.40. The number of rotatable bonds is 6. The monoisotopic (exact) mass is 346 g/mol. The van der Waals surface area contributed by atoms with Crippen molar-refractivity contribution in [3.8, 4) is 0 Å². The molecule has 0 saturated heterocycles. The Morgan fingerprint density at radius 1 is 1.50 bits per heavy atom. The van der Waals surface area contributed by atoms with Gasteiger partial charge in [0.05, 0.1) is 4.88 Å². The van der Waals surface area contributed by atoms with Crippen molar-refractivity contribution in [2.75, 3.05) is 20.1 Å². The highest BCUT2D eigenvalue weighted by Crippen LogP contribution is 2.19. The SMILES string of the molecule is CN(C[C@H]1CCn2ccnc2C1)C(=O)CCNC(=O)c1cccs1. The first-order chi connectivity index (χ1) is 11.6. The second-order valence-electron chi connectivity index (χ2n) is 6.15. The number of nitrogens with zero attached hydrogens (tertiary/aromatic N) is 3. The van der Waals surface area contributed by atoms with Crippen LogP contribution in [0.1, 0.15) is 28.3 Å². The zero-order chi connectivity index (χ0) is 16.9. The van der Waals surface area contributed by atoms with Crippen molar-refractivity contribution in [3.63, 3.8) is 0 Å². The van der Waals surface area contributed by atoms with Gasteiger partial charge in [-0.2, -0.15) is 0 Å². The molecule has 7 heteroatoms. The third kappa shape index (κ3) is 4.03. The molecule has 0 unspecified atom stereocenters. The molecule has 3 heterocycles. The molecular weight excluding hydrogens is 324 g/mol. The van der Waals surface area contributed by atoms with E-state index in [0.29, 0.717) is 23.8 Å². The Labute approximate surface area is 145 Å². The minimum atomic E-state index is -0.112. The van der Waals surface area contributed by atoms with Crippen LogP contribution in [0.3, 0.4) is 0 Å². The number of aryl methyl sites for hydroxylation is 1. The van der Waals surface area contributed by atoms with Crippen molar-refractivity contribution in [1.29, 1.82) is 0 Å². The number of hydrogen-bond donors (Lipinski definition) is 1. The molecule has 2 amide bonds. The van der Waals surface area contributed by atoms with Crippen LogP contribution in [0.5, 0.6) is 0 Å². The van der Waals surface area contributed by atoms with Crippen molar-refractivity contribution in [2.45, 2.75) is 25.8 Å². The van der Waals surface area contributed by atoms with Gasteiger partial charge in [-0.25, -0.2) is 4.98 Å². The first-order valence-corrected chi connectivity index (χ1v) is 9.07. The Kier molecular flexibility index (Phi) is 5.30. The second-order valence-corrected chi connectivity index (χ2v) is 7.10. The molecule has 24 heavy (non-hydrogen) atoms. The summed E-state index contributed by atoms with van der Waals surface area (Å²) in [6.45, 7) is 2.08. The van der Waals surface area contributed by atoms with E-state index in [1.807, 2.05) is 30.9 Å². The zero-order valence-electron chi connectivity index (χ0n) is 13.8. The average molecular weight is 346 g/mol. The van der Waals surface area contributed by atoms with Gasteiger partial charge < -0.3 is 14.8 Å². The predicted octanol–water partition coefficient (Wildman–Crippen LogP) is 1.79. The van der Waals surface area contributed by atoms with E-state index in [4.69, 9.17) is 0 Å². The molecule has 0 bridgehead atoms. The molecule has 0 aromatic carbocycles. The van der Waals surface area contributed by atoms with Gasteiger partial charge in [-0.3, -0.25) is 9.59 Å². The lowest BCUT2D eigenvalue weighted by atomic mass is 9.97. The molecule has 1 atom stereocenters. The minimum Gasteiger partial charge on any atom is -0.351 e. The average Bonchev–Trinajstić information content (AvgIpc) is 3.25. The number of amides is 2. The van der Waals surface area contributed by atoms with E-state index < -0.39 is 0 Å². The number of imidazole rings is 1. The Hall–Kier alpha value is -2.15. The molecule has 128 valence electrons. The highest BCUT2D eigenvalue weighted by Gasteiger charge is 2.22. The number of hydrogen-bond acceptors (Lipinski definition) is 4. The van der Waals surface area contributed by atoms with Gasteiger partial charge >= 0.3 is 0 Å². The molecule has 2 aromatic rings. The third-order valence-electron chi connectivity index (χ3n) is 4.38. The first-order valence-electron chi connectivity index (χ1n) is 8.19. The van der Waals surface area contributed by atoms with Crippen LogP contribution in [0.2, 0.25) is 0 Å². The molecule has 0 aliphatic carbocycles. The van der Waals surface area contributed by atoms with E-state index in [1.165, 1.54) is 11.3 Å². The van der Waals surface area contributed by atoms with E-state index in [9.17, 15) is 9.59 Å². The standard InChI is InChI=1S/C17H22N4O2S/c1-20(12-13-5-8-21-9-7-18-15(21)11-13)16(22)4-6-19-17(23)14-3-2-10-24-14/h2-3,7,9-10,13H,4-6,8,11-12H2,1H3,(H,19,23)/t13-/m0/s1. The van der Waals surface area contributed by atoms with E-state index in [0.717, 1.165) is 31.8 Å². The smallest absolute Gasteiger partial charge is 0.261 e. The van der Waals surface area contributed by atoms with Crippen LogP contribution in [-0.4, -0.2) is 46.4 Å². The van der Waals surface area contributed by atoms with Gasteiger partial charge in [0.25, 0.3) is 5.91 Å². The molecule has 0 fully saturated rings. The minimum absolute atomic E-state index is 0.0652. The molecule has 0 radical (unpaired) electrons. The fourth-order valence-corrected chi connectivity index (χ4v) is 3.67. The lowest BCUT2D eigenvalue weighted by Crippen LogP contribution is -2.36. The highest BCUT2D eigenvalue weighted by atomic mass is 32.1. The lowest BCUT2D eigenvalue weighted by Gasteiger charge is -2.28. The summed E-state index contributed by atoms with van der Waals surface area (Å²) in [4.78, 5) is 30.9. The summed E-state index contributed by atoms with van der Waals surface area (Å²) in [5, 5.41) is 4.66. The summed E-state index contributed by atoms with van der Waals surface area (Å²) >= 11 is 1.40. The van der Waals surface area contributed by atoms with E-state index in [1.54, 1.807) is 11.0 Å². The normalized spacial score (nSPS) is 16.5. The van der Waals surface area contributed by atoms with E-state index in [-0.39, 0.29) is 11.8 Å². The van der Waals surface area contributed by atoms with Gasteiger partial charge in [-0.15, -0.1) is 11.3 Å². The molecule has 2 aromatic heterocycles. The Morgan fingerprint density at radius 2 is 2.38 bits per heavy atom. The summed E-state index contributed by atoms with van der Waals surface area (Å²) < 4.78 is 2.18. The van der Waals surface area contributed by atoms with Gasteiger partial charge in [0.2, 0.25) is 5.91 Å². The summed E-state index contributed by atoms with van der Waals surface area (Å²) in [6, 6.07) is 3.62. The fourth-order valence-electron chi connectivity index (χ4n) is 3.03. The van der Waals surface area contributed by atoms with Crippen molar-refractivity contribution in [2.24, 2.45) is 5.92 Å². The number of thiophene rings is 1. The first kappa shape index (κ1) is 16.7. The van der Waals surface area contributed by atoms with Gasteiger partial charge in [0, 0.05) is 51.9 Å². The molecule has 0 saturated carbocycles. The second kappa shape index (κ2) is 7.61. The summed E-state index contributed by atoms with van der Waals surface area (Å²) in [7, 11) is 1.84. The highest BCUT2D eigenvalue weighted by molar-refractivity contribution is 7.12. The number of carbonyl (C=O) groups is 2. The lowest BCUT2D eigenvalue weighted by molar-refractivity contribution is -0.130. The van der Waals surface area contributed by atoms with E-state index in [2.05, 4.69) is 14.9 Å². The summed E-state index contributed by atoms with van der Waals surface area (Å²) in [6.07, 6.45) is 6.16. The molecule has 1 aliphatic heterocycles. The van der Waals surface area contributed by atoms with Crippen molar-refractivity contribution in [1.82, 2.24) is 19.8 Å². The van der Waals surface area contributed by atoms with Crippen molar-refractivity contribution >= 4 is 23.2 Å². The maximum atomic E-state index is 12.2. The Bertz CT molecular complexity index is 695. The molecule has 1 N–H and O–H groups in total. The number of fused-ring (bicyclic) bond motifs is 1. The maximum Gasteiger partial charge on any atom is 0.261 e. The van der Waals surface area contributed by atoms with Gasteiger partial charge in [0.1, 0.15) is 5.82 Å². The van der Waals surface area contributed by atoms with Gasteiger partial charge in [0.15, 0.2) is 0 Å². The van der Waals surface area contributed by atoms with Crippen LogP contribution in [0.15, 0.2) is 29.9 Å². The van der Waals surface area contributed by atoms with Crippen molar-refractivity contribution in [3.05, 3.63) is 40.6 Å². The summed E-state index contributed by atoms with van der Waals surface area (Å²) in [5.74, 6) is 1.51. The largest absolute Gasteiger partial charge is 0.351 e. The molecule has 0 spiro atoms. The van der Waals surface area contributed by atoms with Crippen molar-refractivity contribution < 1.29 is 9.59 Å². The molecule has 3 rings (SSSR count). The third-order valence-corrected chi connectivity index (χ3v) is 5.25. The molecular formula is C17H22N4O2S. The fraction of sp³-hybridized carbons (Fsp3) is 0.471. The maximum absolute atomic E-state index is 12.2. The zero-order valence-corrected chi connectivity index (χ0v) is 14.6. The van der Waals surface area contributed by atoms with Crippen LogP contribution >= 0.6 is 11.3 Å². The van der Waals surface area contributed by atoms with E-state index >= 15 is 0 Å². The van der Waals surface area contributed by atoms with Gasteiger partial charge in [-0.1, -0.05) is 6.07 Å². The summed E-state index contributed by atoms with van der Waals surface area (Å²) in [5.41, 5.74) is 0.